The van der Waals surface area contributed by atoms with E-state index < -0.39 is 0 Å². The van der Waals surface area contributed by atoms with E-state index in [1.807, 2.05) is 0 Å². The monoisotopic (exact) mass is 165 g/mol. The maximum absolute atomic E-state index is 5.28. The van der Waals surface area contributed by atoms with E-state index in [4.69, 9.17) is 11.5 Å². The van der Waals surface area contributed by atoms with E-state index in [0.29, 0.717) is 5.92 Å². The number of guanidine groups is 1. The topological polar surface area (TPSA) is 64.4 Å². The van der Waals surface area contributed by atoms with Crippen molar-refractivity contribution in [2.75, 3.05) is 6.54 Å². The molecular formula is C9H15N3. The number of hydrogen-bond donors (Lipinski definition) is 2. The summed E-state index contributed by atoms with van der Waals surface area (Å²) in [7, 11) is 0. The minimum Gasteiger partial charge on any atom is -0.370 e. The molecule has 0 amide bonds. The van der Waals surface area contributed by atoms with Crippen LogP contribution < -0.4 is 11.5 Å². The van der Waals surface area contributed by atoms with Crippen molar-refractivity contribution in [3.05, 3.63) is 12.2 Å². The summed E-state index contributed by atoms with van der Waals surface area (Å²) in [6, 6.07) is 0. The smallest absolute Gasteiger partial charge is 0.185 e. The van der Waals surface area contributed by atoms with Crippen LogP contribution in [0.15, 0.2) is 17.1 Å². The van der Waals surface area contributed by atoms with E-state index in [1.54, 1.807) is 0 Å². The molecule has 2 aliphatic carbocycles. The van der Waals surface area contributed by atoms with E-state index in [1.165, 1.54) is 12.8 Å². The number of aliphatic imine (C=N–C) groups is 1. The number of rotatable bonds is 2. The Morgan fingerprint density at radius 3 is 2.67 bits per heavy atom. The molecule has 1 saturated carbocycles. The van der Waals surface area contributed by atoms with Crippen LogP contribution in [0.4, 0.5) is 0 Å². The lowest BCUT2D eigenvalue weighted by molar-refractivity contribution is 0.460. The zero-order valence-electron chi connectivity index (χ0n) is 7.11. The van der Waals surface area contributed by atoms with Gasteiger partial charge in [0.1, 0.15) is 0 Å². The van der Waals surface area contributed by atoms with Crippen LogP contribution in [0.2, 0.25) is 0 Å². The van der Waals surface area contributed by atoms with Crippen LogP contribution in [0.5, 0.6) is 0 Å². The van der Waals surface area contributed by atoms with Crippen LogP contribution in [-0.2, 0) is 0 Å². The molecule has 0 aromatic carbocycles. The maximum Gasteiger partial charge on any atom is 0.185 e. The van der Waals surface area contributed by atoms with Crippen LogP contribution in [-0.4, -0.2) is 12.5 Å². The van der Waals surface area contributed by atoms with Gasteiger partial charge in [0.05, 0.1) is 0 Å². The quantitative estimate of drug-likeness (QED) is 0.355. The minimum absolute atomic E-state index is 0.224. The van der Waals surface area contributed by atoms with Gasteiger partial charge in [-0.25, -0.2) is 0 Å². The Balaban J connectivity index is 1.91. The minimum atomic E-state index is 0.224. The summed E-state index contributed by atoms with van der Waals surface area (Å²) in [4.78, 5) is 4.06. The van der Waals surface area contributed by atoms with Crippen molar-refractivity contribution in [2.45, 2.75) is 12.8 Å². The van der Waals surface area contributed by atoms with Crippen molar-refractivity contribution >= 4 is 5.96 Å². The van der Waals surface area contributed by atoms with Crippen molar-refractivity contribution in [2.24, 2.45) is 34.2 Å². The lowest BCUT2D eigenvalue weighted by atomic mass is 9.94. The molecule has 2 aliphatic rings. The maximum atomic E-state index is 5.28. The fraction of sp³-hybridized carbons (Fsp3) is 0.667. The summed E-state index contributed by atoms with van der Waals surface area (Å²) >= 11 is 0. The van der Waals surface area contributed by atoms with Gasteiger partial charge in [-0.1, -0.05) is 12.2 Å². The van der Waals surface area contributed by atoms with Crippen molar-refractivity contribution in [1.29, 1.82) is 0 Å². The molecule has 0 radical (unpaired) electrons. The lowest BCUT2D eigenvalue weighted by Gasteiger charge is -2.14. The number of allylic oxidation sites excluding steroid dienone is 2. The van der Waals surface area contributed by atoms with Crippen LogP contribution >= 0.6 is 0 Å². The molecule has 0 spiro atoms. The summed E-state index contributed by atoms with van der Waals surface area (Å²) in [5.41, 5.74) is 10.6. The first kappa shape index (κ1) is 7.65. The molecule has 0 saturated heterocycles. The third-order valence-corrected chi connectivity index (χ3v) is 2.92. The summed E-state index contributed by atoms with van der Waals surface area (Å²) in [5, 5.41) is 0. The highest BCUT2D eigenvalue weighted by Gasteiger charge is 2.35. The Hall–Kier alpha value is -0.990. The lowest BCUT2D eigenvalue weighted by Crippen LogP contribution is -2.24. The molecule has 0 aromatic rings. The molecule has 2 unspecified atom stereocenters. The van der Waals surface area contributed by atoms with Gasteiger partial charge in [0.25, 0.3) is 0 Å². The Morgan fingerprint density at radius 2 is 2.17 bits per heavy atom. The Labute approximate surface area is 72.5 Å². The van der Waals surface area contributed by atoms with Gasteiger partial charge in [0.2, 0.25) is 0 Å². The fourth-order valence-corrected chi connectivity index (χ4v) is 2.33. The number of fused-ring (bicyclic) bond motifs is 2. The van der Waals surface area contributed by atoms with Crippen LogP contribution in [0, 0.1) is 17.8 Å². The molecule has 66 valence electrons. The highest BCUT2D eigenvalue weighted by Crippen LogP contribution is 2.43. The average Bonchev–Trinajstić information content (AvgIpc) is 2.60. The SMILES string of the molecule is NC(N)=NC[C@@H]1CC2C=CC1C2. The average molecular weight is 165 g/mol. The normalized spacial score (nSPS) is 37.2. The molecule has 3 heteroatoms. The molecule has 0 aromatic heterocycles. The van der Waals surface area contributed by atoms with E-state index in [-0.39, 0.29) is 5.96 Å². The van der Waals surface area contributed by atoms with Gasteiger partial charge in [-0.2, -0.15) is 0 Å². The molecule has 4 N–H and O–H groups in total. The highest BCUT2D eigenvalue weighted by atomic mass is 15.0. The standard InChI is InChI=1S/C9H15N3/c10-9(11)12-5-8-4-6-1-2-7(8)3-6/h1-2,6-8H,3-5H2,(H4,10,11,12)/t6?,7?,8-/m0/s1. The van der Waals surface area contributed by atoms with Gasteiger partial charge < -0.3 is 11.5 Å². The third-order valence-electron chi connectivity index (χ3n) is 2.92. The molecule has 0 heterocycles. The molecule has 1 fully saturated rings. The van der Waals surface area contributed by atoms with Crippen LogP contribution in [0.25, 0.3) is 0 Å². The van der Waals surface area contributed by atoms with E-state index in [9.17, 15) is 0 Å². The van der Waals surface area contributed by atoms with Gasteiger partial charge in [0, 0.05) is 6.54 Å². The van der Waals surface area contributed by atoms with E-state index in [0.717, 1.165) is 18.4 Å². The first-order chi connectivity index (χ1) is 5.75. The number of nitrogens with zero attached hydrogens (tertiary/aromatic N) is 1. The number of nitrogens with two attached hydrogens (primary N) is 2. The largest absolute Gasteiger partial charge is 0.370 e. The summed E-state index contributed by atoms with van der Waals surface area (Å²) < 4.78 is 0. The van der Waals surface area contributed by atoms with Crippen LogP contribution in [0.3, 0.4) is 0 Å². The predicted octanol–water partition coefficient (Wildman–Crippen LogP) is 0.472. The molecular weight excluding hydrogens is 150 g/mol. The first-order valence-electron chi connectivity index (χ1n) is 4.49. The molecule has 2 rings (SSSR count). The predicted molar refractivity (Wildman–Crippen MR) is 49.5 cm³/mol. The van der Waals surface area contributed by atoms with Crippen molar-refractivity contribution < 1.29 is 0 Å². The van der Waals surface area contributed by atoms with Gasteiger partial charge in [0.15, 0.2) is 5.96 Å². The van der Waals surface area contributed by atoms with Gasteiger partial charge in [-0.05, 0) is 30.6 Å². The molecule has 0 aliphatic heterocycles. The second-order valence-corrected chi connectivity index (χ2v) is 3.81. The Morgan fingerprint density at radius 1 is 1.33 bits per heavy atom. The third kappa shape index (κ3) is 1.31. The molecule has 12 heavy (non-hydrogen) atoms. The number of hydrogen-bond acceptors (Lipinski definition) is 1. The first-order valence-corrected chi connectivity index (χ1v) is 4.49. The van der Waals surface area contributed by atoms with Gasteiger partial charge in [-0.3, -0.25) is 4.99 Å². The van der Waals surface area contributed by atoms with E-state index in [2.05, 4.69) is 17.1 Å². The molecule has 3 nitrogen and oxygen atoms in total. The Kier molecular flexibility index (Phi) is 1.79. The van der Waals surface area contributed by atoms with Crippen molar-refractivity contribution in [1.82, 2.24) is 0 Å². The van der Waals surface area contributed by atoms with Crippen molar-refractivity contribution in [3.63, 3.8) is 0 Å². The van der Waals surface area contributed by atoms with Crippen molar-refractivity contribution in [3.8, 4) is 0 Å². The fourth-order valence-electron chi connectivity index (χ4n) is 2.33. The summed E-state index contributed by atoms with van der Waals surface area (Å²) in [6.07, 6.45) is 7.25. The van der Waals surface area contributed by atoms with Gasteiger partial charge in [-0.15, -0.1) is 0 Å². The van der Waals surface area contributed by atoms with E-state index >= 15 is 0 Å². The Bertz CT molecular complexity index is 228. The highest BCUT2D eigenvalue weighted by molar-refractivity contribution is 5.75. The van der Waals surface area contributed by atoms with Gasteiger partial charge >= 0.3 is 0 Å². The molecule has 2 bridgehead atoms. The second-order valence-electron chi connectivity index (χ2n) is 3.81. The zero-order chi connectivity index (χ0) is 8.55. The zero-order valence-corrected chi connectivity index (χ0v) is 7.11. The second kappa shape index (κ2) is 2.81. The summed E-state index contributed by atoms with van der Waals surface area (Å²) in [5.74, 6) is 2.48. The summed E-state index contributed by atoms with van der Waals surface area (Å²) in [6.45, 7) is 0.813. The van der Waals surface area contributed by atoms with Crippen LogP contribution in [0.1, 0.15) is 12.8 Å². The molecule has 3 atom stereocenters.